The zero-order valence-corrected chi connectivity index (χ0v) is 20.9. The molecule has 2 aromatic rings. The van der Waals surface area contributed by atoms with Gasteiger partial charge in [0.2, 0.25) is 0 Å². The van der Waals surface area contributed by atoms with Gasteiger partial charge in [0.25, 0.3) is 0 Å². The predicted octanol–water partition coefficient (Wildman–Crippen LogP) is 4.81. The topological polar surface area (TPSA) is 84.7 Å². The van der Waals surface area contributed by atoms with Gasteiger partial charge in [-0.15, -0.1) is 0 Å². The maximum Gasteiger partial charge on any atom is 0.340 e. The minimum absolute atomic E-state index is 0.0720. The molecule has 1 aliphatic heterocycles. The summed E-state index contributed by atoms with van der Waals surface area (Å²) in [5, 5.41) is 8.73. The van der Waals surface area contributed by atoms with Crippen LogP contribution in [0.3, 0.4) is 0 Å². The van der Waals surface area contributed by atoms with Gasteiger partial charge in [0.15, 0.2) is 18.3 Å². The summed E-state index contributed by atoms with van der Waals surface area (Å²) in [4.78, 5) is 25.7. The summed E-state index contributed by atoms with van der Waals surface area (Å²) in [6, 6.07) is 18.8. The summed E-state index contributed by atoms with van der Waals surface area (Å²) < 4.78 is 17.8. The Kier molecular flexibility index (Phi) is 8.39. The van der Waals surface area contributed by atoms with Crippen LogP contribution in [0.15, 0.2) is 84.5 Å². The highest BCUT2D eigenvalue weighted by Gasteiger charge is 2.48. The van der Waals surface area contributed by atoms with Crippen molar-refractivity contribution in [1.82, 2.24) is 0 Å². The van der Waals surface area contributed by atoms with Gasteiger partial charge >= 0.3 is 11.9 Å². The molecule has 0 bridgehead atoms. The monoisotopic (exact) mass is 491 g/mol. The van der Waals surface area contributed by atoms with Crippen LogP contribution in [0, 0.1) is 11.8 Å². The molecule has 36 heavy (non-hydrogen) atoms. The molecule has 0 radical (unpaired) electrons. The van der Waals surface area contributed by atoms with Crippen LogP contribution in [0.5, 0.6) is 0 Å². The second-order valence-corrected chi connectivity index (χ2v) is 9.77. The molecule has 0 spiro atoms. The number of hydrogen-bond donors (Lipinski definition) is 0. The minimum atomic E-state index is -0.943. The lowest BCUT2D eigenvalue weighted by Gasteiger charge is -2.31. The minimum Gasteiger partial charge on any atom is -0.459 e. The Morgan fingerprint density at radius 1 is 1.14 bits per heavy atom. The summed E-state index contributed by atoms with van der Waals surface area (Å²) in [7, 11) is 0. The summed E-state index contributed by atoms with van der Waals surface area (Å²) >= 11 is 0. The van der Waals surface area contributed by atoms with Gasteiger partial charge in [0.05, 0.1) is 6.10 Å². The van der Waals surface area contributed by atoms with Gasteiger partial charge < -0.3 is 19.3 Å². The molecule has 6 heteroatoms. The zero-order valence-electron chi connectivity index (χ0n) is 20.9. The van der Waals surface area contributed by atoms with Crippen LogP contribution in [0.1, 0.15) is 50.3 Å². The second-order valence-electron chi connectivity index (χ2n) is 9.77. The highest BCUT2D eigenvalue weighted by atomic mass is 16.6. The molecule has 0 aromatic heterocycles. The first-order chi connectivity index (χ1) is 17.3. The highest BCUT2D eigenvalue weighted by Crippen LogP contribution is 2.39. The van der Waals surface area contributed by atoms with Gasteiger partial charge in [-0.05, 0) is 42.9 Å². The van der Waals surface area contributed by atoms with Crippen LogP contribution >= 0.6 is 0 Å². The first kappa shape index (κ1) is 25.9. The maximum absolute atomic E-state index is 13.3. The summed E-state index contributed by atoms with van der Waals surface area (Å²) in [6.45, 7) is 8.14. The van der Waals surface area contributed by atoms with Gasteiger partial charge in [-0.1, -0.05) is 80.2 Å². The molecule has 6 nitrogen and oxygen atoms in total. The predicted molar refractivity (Wildman–Crippen MR) is 137 cm³/mol. The Morgan fingerprint density at radius 3 is 2.50 bits per heavy atom. The Hall–Kier alpha value is -3.22. The fourth-order valence-corrected chi connectivity index (χ4v) is 4.89. The molecule has 6 atom stereocenters. The number of hydrogen-bond acceptors (Lipinski definition) is 5. The van der Waals surface area contributed by atoms with Crippen molar-refractivity contribution in [3.63, 3.8) is 0 Å². The molecule has 0 amide bonds. The van der Waals surface area contributed by atoms with Crippen molar-refractivity contribution in [2.24, 2.45) is 11.8 Å². The number of fused-ring (bicyclic) bond motifs is 1. The third-order valence-corrected chi connectivity index (χ3v) is 7.22. The number of benzene rings is 2. The van der Waals surface area contributed by atoms with Crippen LogP contribution in [-0.2, 0) is 30.4 Å². The van der Waals surface area contributed by atoms with E-state index in [9.17, 15) is 9.59 Å². The normalized spacial score (nSPS) is 28.9. The lowest BCUT2D eigenvalue weighted by molar-refractivity contribution is -0.163. The Labute approximate surface area is 212 Å². The molecule has 190 valence electrons. The smallest absolute Gasteiger partial charge is 0.340 e. The molecule has 2 N–H and O–H groups in total. The van der Waals surface area contributed by atoms with Gasteiger partial charge in [-0.3, -0.25) is 0 Å². The van der Waals surface area contributed by atoms with E-state index in [-0.39, 0.29) is 18.4 Å². The number of rotatable bonds is 6. The molecule has 1 aliphatic carbocycles. The van der Waals surface area contributed by atoms with E-state index in [1.54, 1.807) is 0 Å². The van der Waals surface area contributed by atoms with Gasteiger partial charge in [-0.25, -0.2) is 9.59 Å². The number of carbonyl (C=O) groups excluding carboxylic acids is 2. The number of ether oxygens (including phenoxy) is 3. The van der Waals surface area contributed by atoms with Crippen LogP contribution in [0.2, 0.25) is 0 Å². The molecule has 2 unspecified atom stereocenters. The lowest BCUT2D eigenvalue weighted by Crippen LogP contribution is -2.39. The highest BCUT2D eigenvalue weighted by molar-refractivity contribution is 5.90. The molecule has 0 saturated carbocycles. The van der Waals surface area contributed by atoms with E-state index in [0.29, 0.717) is 17.6 Å². The van der Waals surface area contributed by atoms with Gasteiger partial charge in [0.1, 0.15) is 6.61 Å². The van der Waals surface area contributed by atoms with Crippen LogP contribution < -0.4 is 0 Å². The molecule has 1 heterocycles. The number of esters is 2. The summed E-state index contributed by atoms with van der Waals surface area (Å²) in [5.74, 6) is -1.21. The summed E-state index contributed by atoms with van der Waals surface area (Å²) in [5.41, 5.74) is 2.94. The van der Waals surface area contributed by atoms with E-state index in [1.165, 1.54) is 0 Å². The SMILES string of the molecule is C=C1C(=O)O[C@H]2C1C[C@H](OC(C(=O)OCc1ccccc1)c1ccccc1)/C(C)=C/CC[C@H](C)[C@H]2[OH2+]. The van der Waals surface area contributed by atoms with Crippen molar-refractivity contribution in [2.75, 3.05) is 0 Å². The fourth-order valence-electron chi connectivity index (χ4n) is 4.89. The molecule has 2 aliphatic rings. The summed E-state index contributed by atoms with van der Waals surface area (Å²) in [6.07, 6.45) is 1.56. The fraction of sp³-hybridized carbons (Fsp3) is 0.400. The standard InChI is InChI=1S/C30H34O6/c1-19-11-10-12-20(2)26(31)28-24(21(3)29(32)36-28)17-25(19)35-27(23-15-8-5-9-16-23)30(33)34-18-22-13-6-4-7-14-22/h4-9,11,13-16,20,24-28,31H,3,10,12,17-18H2,1-2H3/p+1/b19-11+/t20-,24?,25-,26+,27?,28-/m0/s1. The molecular weight excluding hydrogens is 456 g/mol. The maximum atomic E-state index is 13.3. The van der Waals surface area contributed by atoms with E-state index >= 15 is 0 Å². The number of allylic oxidation sites excluding steroid dienone is 1. The first-order valence-electron chi connectivity index (χ1n) is 12.5. The average Bonchev–Trinajstić information content (AvgIpc) is 3.18. The second kappa shape index (κ2) is 11.7. The van der Waals surface area contributed by atoms with E-state index in [2.05, 4.69) is 12.7 Å². The van der Waals surface area contributed by atoms with Crippen molar-refractivity contribution in [3.05, 3.63) is 95.6 Å². The van der Waals surface area contributed by atoms with E-state index < -0.39 is 36.4 Å². The Morgan fingerprint density at radius 2 is 1.81 bits per heavy atom. The molecule has 1 fully saturated rings. The largest absolute Gasteiger partial charge is 0.459 e. The zero-order chi connectivity index (χ0) is 25.7. The van der Waals surface area contributed by atoms with E-state index in [1.807, 2.05) is 74.5 Å². The van der Waals surface area contributed by atoms with Crippen molar-refractivity contribution >= 4 is 11.9 Å². The quantitative estimate of drug-likeness (QED) is 0.251. The van der Waals surface area contributed by atoms with E-state index in [4.69, 9.17) is 19.3 Å². The van der Waals surface area contributed by atoms with E-state index in [0.717, 1.165) is 24.0 Å². The first-order valence-corrected chi connectivity index (χ1v) is 12.5. The van der Waals surface area contributed by atoms with Crippen LogP contribution in [0.4, 0.5) is 0 Å². The van der Waals surface area contributed by atoms with Crippen molar-refractivity contribution in [2.45, 2.75) is 64.1 Å². The third-order valence-electron chi connectivity index (χ3n) is 7.22. The lowest BCUT2D eigenvalue weighted by atomic mass is 9.81. The van der Waals surface area contributed by atoms with Crippen LogP contribution in [-0.4, -0.2) is 35.4 Å². The molecule has 1 saturated heterocycles. The Bertz CT molecular complexity index is 1090. The Balaban J connectivity index is 1.61. The van der Waals surface area contributed by atoms with Crippen molar-refractivity contribution < 1.29 is 28.9 Å². The van der Waals surface area contributed by atoms with Crippen LogP contribution in [0.25, 0.3) is 0 Å². The number of carbonyl (C=O) groups is 2. The van der Waals surface area contributed by atoms with Crippen molar-refractivity contribution in [1.29, 1.82) is 0 Å². The van der Waals surface area contributed by atoms with Gasteiger partial charge in [0, 0.05) is 17.4 Å². The van der Waals surface area contributed by atoms with Crippen molar-refractivity contribution in [3.8, 4) is 0 Å². The third kappa shape index (κ3) is 5.94. The average molecular weight is 492 g/mol. The molecule has 4 rings (SSSR count). The molecular formula is C30H35O6+. The van der Waals surface area contributed by atoms with Gasteiger partial charge in [-0.2, -0.15) is 0 Å². The molecule has 2 aromatic carbocycles.